The molecule has 0 aromatic heterocycles. The van der Waals surface area contributed by atoms with Crippen molar-refractivity contribution in [2.45, 2.75) is 45.6 Å². The second kappa shape index (κ2) is 7.85. The number of hydrogen-bond acceptors (Lipinski definition) is 3. The summed E-state index contributed by atoms with van der Waals surface area (Å²) in [5, 5.41) is 0. The van der Waals surface area contributed by atoms with Crippen LogP contribution in [0, 0.1) is 0 Å². The Hall–Kier alpha value is -2.13. The molecular formula is C24H30N2O. The maximum atomic E-state index is 11.0. The number of piperidine rings is 1. The Morgan fingerprint density at radius 1 is 0.963 bits per heavy atom. The zero-order valence-corrected chi connectivity index (χ0v) is 16.6. The minimum atomic E-state index is 0.293. The van der Waals surface area contributed by atoms with Crippen molar-refractivity contribution in [1.82, 2.24) is 4.90 Å². The Balaban J connectivity index is 1.80. The summed E-state index contributed by atoms with van der Waals surface area (Å²) in [5.41, 5.74) is 7.97. The molecule has 3 heteroatoms. The molecular weight excluding hydrogens is 332 g/mol. The van der Waals surface area contributed by atoms with Gasteiger partial charge >= 0.3 is 0 Å². The van der Waals surface area contributed by atoms with Crippen molar-refractivity contribution in [2.24, 2.45) is 0 Å². The van der Waals surface area contributed by atoms with Crippen LogP contribution in [0.25, 0.3) is 11.1 Å². The van der Waals surface area contributed by atoms with E-state index in [1.165, 1.54) is 60.3 Å². The SMILES string of the molecule is CCN(CC)C1c2cc(CC=O)ccc2-c2ccc(N3CCCCC3)cc21. The molecule has 2 aromatic rings. The Morgan fingerprint density at radius 3 is 2.30 bits per heavy atom. The summed E-state index contributed by atoms with van der Waals surface area (Å²) in [5.74, 6) is 0. The van der Waals surface area contributed by atoms with Crippen LogP contribution in [0.15, 0.2) is 36.4 Å². The highest BCUT2D eigenvalue weighted by molar-refractivity contribution is 5.81. The van der Waals surface area contributed by atoms with E-state index in [2.05, 4.69) is 60.0 Å². The highest BCUT2D eigenvalue weighted by Crippen LogP contribution is 2.48. The molecule has 0 spiro atoms. The van der Waals surface area contributed by atoms with Crippen LogP contribution in [0.4, 0.5) is 5.69 Å². The fourth-order valence-electron chi connectivity index (χ4n) is 4.83. The summed E-state index contributed by atoms with van der Waals surface area (Å²) in [6.07, 6.45) is 5.45. The van der Waals surface area contributed by atoms with Crippen molar-refractivity contribution in [3.63, 3.8) is 0 Å². The molecule has 1 saturated heterocycles. The van der Waals surface area contributed by atoms with Crippen molar-refractivity contribution >= 4 is 12.0 Å². The van der Waals surface area contributed by atoms with Gasteiger partial charge in [0.05, 0.1) is 6.04 Å². The van der Waals surface area contributed by atoms with Crippen LogP contribution in [0.5, 0.6) is 0 Å². The lowest BCUT2D eigenvalue weighted by atomic mass is 10.00. The molecule has 0 radical (unpaired) electrons. The fourth-order valence-corrected chi connectivity index (χ4v) is 4.83. The van der Waals surface area contributed by atoms with Gasteiger partial charge in [0.2, 0.25) is 0 Å². The molecule has 1 fully saturated rings. The lowest BCUT2D eigenvalue weighted by Crippen LogP contribution is -2.30. The van der Waals surface area contributed by atoms with Gasteiger partial charge in [-0.2, -0.15) is 0 Å². The van der Waals surface area contributed by atoms with Crippen molar-refractivity contribution in [3.8, 4) is 11.1 Å². The zero-order valence-electron chi connectivity index (χ0n) is 16.6. The Bertz CT molecular complexity index is 819. The van der Waals surface area contributed by atoms with Crippen molar-refractivity contribution in [2.75, 3.05) is 31.1 Å². The van der Waals surface area contributed by atoms with E-state index < -0.39 is 0 Å². The predicted octanol–water partition coefficient (Wildman–Crippen LogP) is 4.83. The van der Waals surface area contributed by atoms with Gasteiger partial charge in [-0.3, -0.25) is 4.90 Å². The summed E-state index contributed by atoms with van der Waals surface area (Å²) in [7, 11) is 0. The largest absolute Gasteiger partial charge is 0.372 e. The number of anilines is 1. The second-order valence-electron chi connectivity index (χ2n) is 7.74. The first-order valence-electron chi connectivity index (χ1n) is 10.5. The number of rotatable bonds is 6. The maximum absolute atomic E-state index is 11.0. The van der Waals surface area contributed by atoms with Gasteiger partial charge in [0, 0.05) is 25.2 Å². The molecule has 0 N–H and O–H groups in total. The van der Waals surface area contributed by atoms with E-state index in [1.54, 1.807) is 0 Å². The van der Waals surface area contributed by atoms with E-state index >= 15 is 0 Å². The van der Waals surface area contributed by atoms with Crippen LogP contribution in [-0.4, -0.2) is 37.4 Å². The summed E-state index contributed by atoms with van der Waals surface area (Å²) in [4.78, 5) is 16.1. The first kappa shape index (κ1) is 18.2. The van der Waals surface area contributed by atoms with E-state index in [0.717, 1.165) is 24.9 Å². The number of nitrogens with zero attached hydrogens (tertiary/aromatic N) is 2. The number of carbonyl (C=O) groups excluding carboxylic acids is 1. The molecule has 27 heavy (non-hydrogen) atoms. The smallest absolute Gasteiger partial charge is 0.124 e. The normalized spacial score (nSPS) is 18.5. The first-order valence-corrected chi connectivity index (χ1v) is 10.5. The lowest BCUT2D eigenvalue weighted by molar-refractivity contribution is -0.107. The van der Waals surface area contributed by atoms with Crippen LogP contribution < -0.4 is 4.90 Å². The molecule has 0 saturated carbocycles. The third-order valence-electron chi connectivity index (χ3n) is 6.25. The van der Waals surface area contributed by atoms with E-state index in [1.807, 2.05) is 0 Å². The summed E-state index contributed by atoms with van der Waals surface area (Å²) >= 11 is 0. The van der Waals surface area contributed by atoms with Crippen molar-refractivity contribution in [1.29, 1.82) is 0 Å². The Labute approximate surface area is 163 Å². The molecule has 1 unspecified atom stereocenters. The lowest BCUT2D eigenvalue weighted by Gasteiger charge is -2.31. The highest BCUT2D eigenvalue weighted by Gasteiger charge is 2.32. The fraction of sp³-hybridized carbons (Fsp3) is 0.458. The Morgan fingerprint density at radius 2 is 1.63 bits per heavy atom. The van der Waals surface area contributed by atoms with Gasteiger partial charge in [-0.25, -0.2) is 0 Å². The molecule has 2 aromatic carbocycles. The average Bonchev–Trinajstić information content (AvgIpc) is 3.03. The molecule has 1 aliphatic carbocycles. The van der Waals surface area contributed by atoms with Crippen LogP contribution in [0.1, 0.15) is 55.8 Å². The van der Waals surface area contributed by atoms with E-state index in [-0.39, 0.29) is 0 Å². The molecule has 3 nitrogen and oxygen atoms in total. The predicted molar refractivity (Wildman–Crippen MR) is 112 cm³/mol. The molecule has 1 aliphatic heterocycles. The number of benzene rings is 2. The molecule has 4 rings (SSSR count). The van der Waals surface area contributed by atoms with E-state index in [9.17, 15) is 4.79 Å². The van der Waals surface area contributed by atoms with Gasteiger partial charge in [0.25, 0.3) is 0 Å². The monoisotopic (exact) mass is 362 g/mol. The molecule has 0 amide bonds. The minimum absolute atomic E-state index is 0.293. The van der Waals surface area contributed by atoms with Gasteiger partial charge in [0.1, 0.15) is 6.29 Å². The molecule has 0 bridgehead atoms. The maximum Gasteiger partial charge on any atom is 0.124 e. The summed E-state index contributed by atoms with van der Waals surface area (Å²) in [6.45, 7) is 8.87. The molecule has 2 aliphatic rings. The minimum Gasteiger partial charge on any atom is -0.372 e. The molecule has 142 valence electrons. The summed E-state index contributed by atoms with van der Waals surface area (Å²) in [6, 6.07) is 13.9. The number of fused-ring (bicyclic) bond motifs is 3. The third-order valence-corrected chi connectivity index (χ3v) is 6.25. The standard InChI is InChI=1S/C24H30N2O/c1-3-25(4-2)24-22-16-18(12-15-27)8-10-20(22)21-11-9-19(17-23(21)24)26-13-6-5-7-14-26/h8-11,15-17,24H,3-7,12-14H2,1-2H3. The van der Waals surface area contributed by atoms with Crippen molar-refractivity contribution < 1.29 is 4.79 Å². The third kappa shape index (κ3) is 3.29. The van der Waals surface area contributed by atoms with E-state index in [0.29, 0.717) is 12.5 Å². The zero-order chi connectivity index (χ0) is 18.8. The Kier molecular flexibility index (Phi) is 5.31. The second-order valence-corrected chi connectivity index (χ2v) is 7.74. The molecule has 1 heterocycles. The van der Waals surface area contributed by atoms with Crippen LogP contribution in [0.2, 0.25) is 0 Å². The van der Waals surface area contributed by atoms with Crippen LogP contribution in [0.3, 0.4) is 0 Å². The average molecular weight is 363 g/mol. The van der Waals surface area contributed by atoms with Gasteiger partial charge in [-0.1, -0.05) is 38.1 Å². The van der Waals surface area contributed by atoms with Gasteiger partial charge in [-0.15, -0.1) is 0 Å². The highest BCUT2D eigenvalue weighted by atomic mass is 16.1. The topological polar surface area (TPSA) is 23.6 Å². The van der Waals surface area contributed by atoms with Gasteiger partial charge in [0.15, 0.2) is 0 Å². The number of aldehydes is 1. The number of hydrogen-bond donors (Lipinski definition) is 0. The van der Waals surface area contributed by atoms with Gasteiger partial charge in [-0.05, 0) is 72.3 Å². The first-order chi connectivity index (χ1) is 13.3. The van der Waals surface area contributed by atoms with Gasteiger partial charge < -0.3 is 9.69 Å². The van der Waals surface area contributed by atoms with Crippen LogP contribution >= 0.6 is 0 Å². The van der Waals surface area contributed by atoms with Crippen LogP contribution in [-0.2, 0) is 11.2 Å². The summed E-state index contributed by atoms with van der Waals surface area (Å²) < 4.78 is 0. The molecule has 1 atom stereocenters. The van der Waals surface area contributed by atoms with Crippen molar-refractivity contribution in [3.05, 3.63) is 53.1 Å². The van der Waals surface area contributed by atoms with E-state index in [4.69, 9.17) is 0 Å². The quantitative estimate of drug-likeness (QED) is 0.688. The number of carbonyl (C=O) groups is 1.